The molecule has 0 aliphatic heterocycles. The van der Waals surface area contributed by atoms with E-state index in [1.165, 1.54) is 0 Å². The predicted octanol–water partition coefficient (Wildman–Crippen LogP) is 1.89. The minimum atomic E-state index is -0.983. The Kier molecular flexibility index (Phi) is 3.76. The van der Waals surface area contributed by atoms with Crippen LogP contribution in [0.5, 0.6) is 0 Å². The lowest BCUT2D eigenvalue weighted by molar-refractivity contribution is -0.493. The molecule has 18 heavy (non-hydrogen) atoms. The van der Waals surface area contributed by atoms with Crippen LogP contribution in [-0.2, 0) is 0 Å². The summed E-state index contributed by atoms with van der Waals surface area (Å²) in [7, 11) is 0.892. The fraction of sp³-hybridized carbons (Fsp3) is 0.143. The number of hydrogen-bond donors (Lipinski definition) is 0. The molecule has 0 amide bonds. The van der Waals surface area contributed by atoms with E-state index in [0.717, 1.165) is 19.2 Å². The number of nitro groups is 3. The Morgan fingerprint density at radius 3 is 1.72 bits per heavy atom. The molecule has 1 rings (SSSR count). The van der Waals surface area contributed by atoms with Gasteiger partial charge in [0.1, 0.15) is 0 Å². The molecule has 0 radical (unpaired) electrons. The Hall–Kier alpha value is -2.30. The molecule has 0 N–H and O–H groups in total. The Labute approximate surface area is 107 Å². The van der Waals surface area contributed by atoms with Crippen molar-refractivity contribution in [1.82, 2.24) is 0 Å². The maximum Gasteiger partial charge on any atom is 0.306 e. The van der Waals surface area contributed by atoms with Crippen molar-refractivity contribution >= 4 is 33.0 Å². The first-order valence-corrected chi connectivity index (χ1v) is 5.05. The molecule has 1 aromatic carbocycles. The van der Waals surface area contributed by atoms with Crippen molar-refractivity contribution in [1.29, 1.82) is 0 Å². The summed E-state index contributed by atoms with van der Waals surface area (Å²) in [5.74, 6) is 0. The first-order valence-electron chi connectivity index (χ1n) is 4.26. The minimum absolute atomic E-state index is 0.0846. The lowest BCUT2D eigenvalue weighted by Gasteiger charge is -2.09. The molecule has 0 fully saturated rings. The monoisotopic (exact) mass is 320 g/mol. The number of halogens is 1. The number of anilines is 1. The van der Waals surface area contributed by atoms with Gasteiger partial charge in [-0.05, 0) is 0 Å². The van der Waals surface area contributed by atoms with E-state index in [9.17, 15) is 30.3 Å². The number of nitro benzene ring substituents is 2. The summed E-state index contributed by atoms with van der Waals surface area (Å²) < 4.78 is 0.0846. The van der Waals surface area contributed by atoms with Crippen LogP contribution in [0.2, 0.25) is 0 Å². The van der Waals surface area contributed by atoms with E-state index in [2.05, 4.69) is 15.9 Å². The summed E-state index contributed by atoms with van der Waals surface area (Å²) in [5, 5.41) is 31.4. The zero-order valence-electron chi connectivity index (χ0n) is 8.77. The van der Waals surface area contributed by atoms with E-state index >= 15 is 0 Å². The first-order chi connectivity index (χ1) is 8.25. The molecule has 0 aromatic heterocycles. The second-order valence-electron chi connectivity index (χ2n) is 3.07. The van der Waals surface area contributed by atoms with Gasteiger partial charge in [0.05, 0.1) is 16.9 Å². The van der Waals surface area contributed by atoms with Gasteiger partial charge in [0.15, 0.2) is 5.03 Å². The Bertz CT molecular complexity index is 512. The Balaban J connectivity index is 3.66. The molecule has 0 atom stereocenters. The molecule has 0 spiro atoms. The van der Waals surface area contributed by atoms with Crippen molar-refractivity contribution in [3.63, 3.8) is 0 Å². The van der Waals surface area contributed by atoms with E-state index in [1.54, 1.807) is 0 Å². The van der Waals surface area contributed by atoms with E-state index in [4.69, 9.17) is 0 Å². The van der Waals surface area contributed by atoms with Crippen LogP contribution < -0.4 is 5.01 Å². The van der Waals surface area contributed by atoms with E-state index in [-0.39, 0.29) is 9.48 Å². The van der Waals surface area contributed by atoms with E-state index < -0.39 is 31.9 Å². The molecule has 96 valence electrons. The number of nitrogens with zero attached hydrogens (tertiary/aromatic N) is 4. The summed E-state index contributed by atoms with van der Waals surface area (Å²) in [6, 6.07) is 1.92. The second kappa shape index (κ2) is 4.91. The highest BCUT2D eigenvalue weighted by Gasteiger charge is 2.34. The smallest absolute Gasteiger partial charge is 0.258 e. The van der Waals surface area contributed by atoms with Crippen LogP contribution in [0.25, 0.3) is 0 Å². The SMILES string of the molecule is CN(c1c([N+](=O)[O-])cc(Br)cc1[N+](=O)[O-])[N+](=O)[O-]. The van der Waals surface area contributed by atoms with Crippen LogP contribution in [0.3, 0.4) is 0 Å². The van der Waals surface area contributed by atoms with Gasteiger partial charge in [-0.3, -0.25) is 20.2 Å². The largest absolute Gasteiger partial charge is 0.306 e. The fourth-order valence-electron chi connectivity index (χ4n) is 1.26. The van der Waals surface area contributed by atoms with E-state index in [1.807, 2.05) is 0 Å². The van der Waals surface area contributed by atoms with E-state index in [0.29, 0.717) is 0 Å². The number of hydrogen-bond acceptors (Lipinski definition) is 6. The lowest BCUT2D eigenvalue weighted by atomic mass is 10.2. The Morgan fingerprint density at radius 2 is 1.44 bits per heavy atom. The third-order valence-electron chi connectivity index (χ3n) is 2.00. The van der Waals surface area contributed by atoms with Crippen LogP contribution in [0.15, 0.2) is 16.6 Å². The minimum Gasteiger partial charge on any atom is -0.258 e. The van der Waals surface area contributed by atoms with Gasteiger partial charge in [0.2, 0.25) is 0 Å². The number of benzene rings is 1. The molecule has 10 nitrogen and oxygen atoms in total. The zero-order valence-corrected chi connectivity index (χ0v) is 10.4. The molecule has 1 aromatic rings. The summed E-state index contributed by atoms with van der Waals surface area (Å²) >= 11 is 2.87. The lowest BCUT2D eigenvalue weighted by Crippen LogP contribution is -2.26. The molecule has 0 saturated carbocycles. The molecule has 0 unspecified atom stereocenters. The third kappa shape index (κ3) is 2.51. The molecule has 0 heterocycles. The molecule has 11 heteroatoms. The second-order valence-corrected chi connectivity index (χ2v) is 3.98. The summed E-state index contributed by atoms with van der Waals surface area (Å²) in [4.78, 5) is 30.3. The third-order valence-corrected chi connectivity index (χ3v) is 2.45. The van der Waals surface area contributed by atoms with Crippen molar-refractivity contribution in [2.75, 3.05) is 12.1 Å². The van der Waals surface area contributed by atoms with Crippen molar-refractivity contribution in [2.24, 2.45) is 0 Å². The van der Waals surface area contributed by atoms with Gasteiger partial charge < -0.3 is 0 Å². The summed E-state index contributed by atoms with van der Waals surface area (Å²) in [6.45, 7) is 0. The first kappa shape index (κ1) is 13.8. The molecule has 0 aliphatic rings. The average Bonchev–Trinajstić information content (AvgIpc) is 2.26. The molecular formula is C7H5BrN4O6. The van der Waals surface area contributed by atoms with Crippen molar-refractivity contribution < 1.29 is 14.9 Å². The predicted molar refractivity (Wildman–Crippen MR) is 62.8 cm³/mol. The quantitative estimate of drug-likeness (QED) is 0.610. The molecule has 0 bridgehead atoms. The maximum absolute atomic E-state index is 10.8. The average molecular weight is 321 g/mol. The van der Waals surface area contributed by atoms with Crippen molar-refractivity contribution in [3.05, 3.63) is 46.9 Å². The molecule has 0 saturated heterocycles. The van der Waals surface area contributed by atoms with Crippen LogP contribution in [-0.4, -0.2) is 21.9 Å². The van der Waals surface area contributed by atoms with Crippen LogP contribution >= 0.6 is 15.9 Å². The summed E-state index contributed by atoms with van der Waals surface area (Å²) in [6.07, 6.45) is 0. The Morgan fingerprint density at radius 1 is 1.06 bits per heavy atom. The zero-order chi connectivity index (χ0) is 14.0. The highest BCUT2D eigenvalue weighted by atomic mass is 79.9. The fourth-order valence-corrected chi connectivity index (χ4v) is 1.70. The standard InChI is InChI=1S/C7H5BrN4O6/c1-9(12(17)18)7-5(10(13)14)2-4(8)3-6(7)11(15)16/h2-3H,1H3. The van der Waals surface area contributed by atoms with Crippen LogP contribution in [0, 0.1) is 30.3 Å². The number of hydrazine groups is 1. The highest BCUT2D eigenvalue weighted by Crippen LogP contribution is 2.39. The highest BCUT2D eigenvalue weighted by molar-refractivity contribution is 9.10. The van der Waals surface area contributed by atoms with Gasteiger partial charge in [0, 0.05) is 16.6 Å². The molecular weight excluding hydrogens is 316 g/mol. The number of rotatable bonds is 4. The van der Waals surface area contributed by atoms with Crippen LogP contribution in [0.4, 0.5) is 17.1 Å². The van der Waals surface area contributed by atoms with Gasteiger partial charge >= 0.3 is 11.4 Å². The van der Waals surface area contributed by atoms with Crippen molar-refractivity contribution in [2.45, 2.75) is 0 Å². The van der Waals surface area contributed by atoms with Gasteiger partial charge in [-0.2, -0.15) is 0 Å². The van der Waals surface area contributed by atoms with Gasteiger partial charge in [0.25, 0.3) is 5.69 Å². The maximum atomic E-state index is 10.8. The van der Waals surface area contributed by atoms with Gasteiger partial charge in [-0.1, -0.05) is 20.9 Å². The molecule has 0 aliphatic carbocycles. The summed E-state index contributed by atoms with van der Waals surface area (Å²) in [5.41, 5.74) is -2.14. The topological polar surface area (TPSA) is 133 Å². The normalized spacial score (nSPS) is 9.89. The van der Waals surface area contributed by atoms with Gasteiger partial charge in [-0.15, -0.1) is 0 Å². The van der Waals surface area contributed by atoms with Crippen molar-refractivity contribution in [3.8, 4) is 0 Å². The van der Waals surface area contributed by atoms with Gasteiger partial charge in [-0.25, -0.2) is 10.1 Å². The van der Waals surface area contributed by atoms with Crippen LogP contribution in [0.1, 0.15) is 0 Å².